The Morgan fingerprint density at radius 3 is 2.58 bits per heavy atom. The van der Waals surface area contributed by atoms with Crippen molar-refractivity contribution in [3.8, 4) is 0 Å². The Kier molecular flexibility index (Phi) is 2.22. The lowest BCUT2D eigenvalue weighted by Crippen LogP contribution is -2.45. The van der Waals surface area contributed by atoms with Crippen LogP contribution < -0.4 is 0 Å². The quantitative estimate of drug-likeness (QED) is 0.680. The first-order chi connectivity index (χ1) is 8.71. The highest BCUT2D eigenvalue weighted by Crippen LogP contribution is 2.57. The molecule has 0 aromatic heterocycles. The van der Waals surface area contributed by atoms with Gasteiger partial charge in [0.25, 0.3) is 0 Å². The number of methoxy groups -OCH3 is 1. The van der Waals surface area contributed by atoms with E-state index in [1.807, 2.05) is 6.20 Å². The average molecular weight is 262 g/mol. The fourth-order valence-corrected chi connectivity index (χ4v) is 3.70. The Labute approximate surface area is 114 Å². The third-order valence-corrected chi connectivity index (χ3v) is 5.03. The molecule has 0 radical (unpaired) electrons. The molecule has 0 N–H and O–H groups in total. The van der Waals surface area contributed by atoms with E-state index in [0.717, 1.165) is 12.0 Å². The fourth-order valence-electron chi connectivity index (χ4n) is 3.70. The van der Waals surface area contributed by atoms with Crippen LogP contribution >= 0.6 is 0 Å². The zero-order valence-electron chi connectivity index (χ0n) is 12.6. The first kappa shape index (κ1) is 12.6. The van der Waals surface area contributed by atoms with Crippen LogP contribution in [-0.2, 0) is 9.53 Å². The van der Waals surface area contributed by atoms with Gasteiger partial charge in [-0.1, -0.05) is 13.8 Å². The van der Waals surface area contributed by atoms with E-state index in [-0.39, 0.29) is 23.0 Å². The molecule has 1 saturated heterocycles. The summed E-state index contributed by atoms with van der Waals surface area (Å²) >= 11 is 0. The Balaban J connectivity index is 2.16. The van der Waals surface area contributed by atoms with Gasteiger partial charge in [0.1, 0.15) is 0 Å². The number of hydrogen-bond donors (Lipinski definition) is 0. The Morgan fingerprint density at radius 1 is 1.37 bits per heavy atom. The van der Waals surface area contributed by atoms with Crippen molar-refractivity contribution in [1.82, 2.24) is 10.0 Å². The second-order valence-corrected chi connectivity index (χ2v) is 6.95. The van der Waals surface area contributed by atoms with Gasteiger partial charge in [-0.2, -0.15) is 0 Å². The second kappa shape index (κ2) is 3.35. The molecule has 0 aromatic carbocycles. The van der Waals surface area contributed by atoms with Crippen LogP contribution in [0.5, 0.6) is 0 Å². The van der Waals surface area contributed by atoms with Gasteiger partial charge in [0.2, 0.25) is 0 Å². The van der Waals surface area contributed by atoms with Crippen LogP contribution in [0.3, 0.4) is 0 Å². The molecule has 0 bridgehead atoms. The molecule has 1 unspecified atom stereocenters. The number of nitrogens with zero attached hydrogens (tertiary/aromatic N) is 2. The van der Waals surface area contributed by atoms with Gasteiger partial charge in [0.15, 0.2) is 0 Å². The minimum absolute atomic E-state index is 0.0272. The normalized spacial score (nSPS) is 29.8. The van der Waals surface area contributed by atoms with E-state index in [1.54, 1.807) is 0 Å². The van der Waals surface area contributed by atoms with Crippen molar-refractivity contribution in [3.63, 3.8) is 0 Å². The number of hydrogen-bond acceptors (Lipinski definition) is 4. The highest BCUT2D eigenvalue weighted by Gasteiger charge is 2.59. The lowest BCUT2D eigenvalue weighted by atomic mass is 9.77. The lowest BCUT2D eigenvalue weighted by molar-refractivity contribution is -0.137. The van der Waals surface area contributed by atoms with Crippen molar-refractivity contribution in [2.24, 2.45) is 5.41 Å². The monoisotopic (exact) mass is 262 g/mol. The lowest BCUT2D eigenvalue weighted by Gasteiger charge is -2.37. The van der Waals surface area contributed by atoms with Crippen LogP contribution in [0.4, 0.5) is 0 Å². The van der Waals surface area contributed by atoms with Crippen LogP contribution in [0.25, 0.3) is 0 Å². The second-order valence-electron chi connectivity index (χ2n) is 6.95. The number of esters is 1. The molecule has 0 aromatic rings. The van der Waals surface area contributed by atoms with Crippen LogP contribution in [0.1, 0.15) is 41.0 Å². The molecule has 3 heterocycles. The van der Waals surface area contributed by atoms with Crippen molar-refractivity contribution in [3.05, 3.63) is 23.0 Å². The van der Waals surface area contributed by atoms with Gasteiger partial charge in [0.05, 0.1) is 24.3 Å². The van der Waals surface area contributed by atoms with Gasteiger partial charge in [-0.05, 0) is 26.3 Å². The van der Waals surface area contributed by atoms with Crippen LogP contribution in [0, 0.1) is 5.41 Å². The molecule has 3 rings (SSSR count). The van der Waals surface area contributed by atoms with Crippen LogP contribution in [-0.4, -0.2) is 34.7 Å². The highest BCUT2D eigenvalue weighted by molar-refractivity contribution is 5.91. The Morgan fingerprint density at radius 2 is 2.00 bits per heavy atom. The molecular formula is C15H22N2O2. The molecule has 3 aliphatic rings. The van der Waals surface area contributed by atoms with E-state index in [4.69, 9.17) is 4.74 Å². The molecule has 3 aliphatic heterocycles. The largest absolute Gasteiger partial charge is 0.466 e. The average Bonchev–Trinajstić information content (AvgIpc) is 2.89. The number of carbonyl (C=O) groups is 1. The zero-order valence-corrected chi connectivity index (χ0v) is 12.6. The number of ether oxygens (including phenoxy) is 1. The van der Waals surface area contributed by atoms with Crippen molar-refractivity contribution < 1.29 is 9.53 Å². The van der Waals surface area contributed by atoms with E-state index in [0.29, 0.717) is 0 Å². The van der Waals surface area contributed by atoms with Crippen molar-refractivity contribution in [2.45, 2.75) is 52.6 Å². The molecule has 19 heavy (non-hydrogen) atoms. The third kappa shape index (κ3) is 1.32. The molecular weight excluding hydrogens is 240 g/mol. The van der Waals surface area contributed by atoms with Gasteiger partial charge in [-0.3, -0.25) is 10.0 Å². The predicted octanol–water partition coefficient (Wildman–Crippen LogP) is 2.44. The smallest absolute Gasteiger partial charge is 0.337 e. The van der Waals surface area contributed by atoms with Crippen molar-refractivity contribution in [1.29, 1.82) is 0 Å². The Bertz CT molecular complexity index is 528. The summed E-state index contributed by atoms with van der Waals surface area (Å²) in [4.78, 5) is 12.1. The zero-order chi connectivity index (χ0) is 14.2. The van der Waals surface area contributed by atoms with Crippen LogP contribution in [0.2, 0.25) is 0 Å². The number of rotatable bonds is 1. The maximum Gasteiger partial charge on any atom is 0.337 e. The standard InChI is InChI=1S/C15H22N2O2/c1-9-11-7-14(2,3)16-8-10(13(18)19-6)12(17(11)16)15(9,4)5/h8,12H,7H2,1-6H3. The van der Waals surface area contributed by atoms with Gasteiger partial charge in [-0.25, -0.2) is 4.79 Å². The summed E-state index contributed by atoms with van der Waals surface area (Å²) < 4.78 is 4.97. The number of hydrazine groups is 1. The van der Waals surface area contributed by atoms with Crippen LogP contribution in [0.15, 0.2) is 23.0 Å². The van der Waals surface area contributed by atoms with E-state index in [1.165, 1.54) is 18.4 Å². The van der Waals surface area contributed by atoms with E-state index in [2.05, 4.69) is 44.6 Å². The topological polar surface area (TPSA) is 32.8 Å². The summed E-state index contributed by atoms with van der Waals surface area (Å²) in [5, 5.41) is 4.53. The summed E-state index contributed by atoms with van der Waals surface area (Å²) in [6, 6.07) is 0.0803. The Hall–Kier alpha value is -1.45. The summed E-state index contributed by atoms with van der Waals surface area (Å²) in [7, 11) is 1.45. The van der Waals surface area contributed by atoms with Gasteiger partial charge >= 0.3 is 5.97 Å². The van der Waals surface area contributed by atoms with Crippen molar-refractivity contribution >= 4 is 5.97 Å². The molecule has 0 aliphatic carbocycles. The van der Waals surface area contributed by atoms with Gasteiger partial charge < -0.3 is 4.74 Å². The maximum atomic E-state index is 12.1. The van der Waals surface area contributed by atoms with E-state index < -0.39 is 0 Å². The molecule has 104 valence electrons. The molecule has 4 heteroatoms. The molecule has 0 spiro atoms. The minimum Gasteiger partial charge on any atom is -0.466 e. The highest BCUT2D eigenvalue weighted by atomic mass is 16.5. The SMILES string of the molecule is COC(=O)C1=CN2N3C(=C(C)C(C)(C)C13)CC2(C)C. The number of carbonyl (C=O) groups excluding carboxylic acids is 1. The first-order valence-corrected chi connectivity index (χ1v) is 6.80. The first-order valence-electron chi connectivity index (χ1n) is 6.80. The fraction of sp³-hybridized carbons (Fsp3) is 0.667. The van der Waals surface area contributed by atoms with Gasteiger partial charge in [-0.15, -0.1) is 0 Å². The summed E-state index contributed by atoms with van der Waals surface area (Å²) in [5.74, 6) is -0.211. The maximum absolute atomic E-state index is 12.1. The predicted molar refractivity (Wildman–Crippen MR) is 72.7 cm³/mol. The molecule has 4 nitrogen and oxygen atoms in total. The minimum atomic E-state index is -0.211. The third-order valence-electron chi connectivity index (χ3n) is 5.03. The van der Waals surface area contributed by atoms with E-state index in [9.17, 15) is 4.79 Å². The summed E-state index contributed by atoms with van der Waals surface area (Å²) in [5.41, 5.74) is 3.54. The molecule has 0 saturated carbocycles. The van der Waals surface area contributed by atoms with E-state index >= 15 is 0 Å². The summed E-state index contributed by atoms with van der Waals surface area (Å²) in [6.07, 6.45) is 3.02. The van der Waals surface area contributed by atoms with Gasteiger partial charge in [0, 0.05) is 23.7 Å². The van der Waals surface area contributed by atoms with Crippen molar-refractivity contribution in [2.75, 3.05) is 7.11 Å². The molecule has 1 atom stereocenters. The molecule has 0 amide bonds. The molecule has 1 fully saturated rings. The summed E-state index contributed by atoms with van der Waals surface area (Å²) in [6.45, 7) is 11.1.